The van der Waals surface area contributed by atoms with Crippen molar-refractivity contribution in [2.24, 2.45) is 0 Å². The Hall–Kier alpha value is -2.32. The number of benzene rings is 1. The van der Waals surface area contributed by atoms with Crippen LogP contribution in [0.5, 0.6) is 0 Å². The minimum atomic E-state index is -0.207. The normalized spacial score (nSPS) is 9.90. The van der Waals surface area contributed by atoms with E-state index < -0.39 is 0 Å². The van der Waals surface area contributed by atoms with E-state index in [9.17, 15) is 9.59 Å². The molecule has 106 valence electrons. The zero-order valence-electron chi connectivity index (χ0n) is 11.7. The number of rotatable bonds is 6. The van der Waals surface area contributed by atoms with Crippen LogP contribution in [0.4, 0.5) is 5.69 Å². The SMILES string of the molecule is C#CCNCC(=O)Nc1cccc(C(=O)NC(C)C)c1. The quantitative estimate of drug-likeness (QED) is 0.534. The molecule has 0 unspecified atom stereocenters. The predicted molar refractivity (Wildman–Crippen MR) is 79.4 cm³/mol. The van der Waals surface area contributed by atoms with Crippen molar-refractivity contribution in [1.29, 1.82) is 0 Å². The van der Waals surface area contributed by atoms with E-state index in [4.69, 9.17) is 6.42 Å². The first-order valence-corrected chi connectivity index (χ1v) is 6.38. The fourth-order valence-electron chi connectivity index (χ4n) is 1.54. The minimum absolute atomic E-state index is 0.0636. The number of amides is 2. The number of carbonyl (C=O) groups excluding carboxylic acids is 2. The Morgan fingerprint density at radius 2 is 2.10 bits per heavy atom. The Morgan fingerprint density at radius 3 is 2.75 bits per heavy atom. The Kier molecular flexibility index (Phi) is 6.27. The van der Waals surface area contributed by atoms with Gasteiger partial charge in [-0.15, -0.1) is 6.42 Å². The van der Waals surface area contributed by atoms with Crippen LogP contribution in [0.2, 0.25) is 0 Å². The van der Waals surface area contributed by atoms with E-state index in [-0.39, 0.29) is 24.4 Å². The molecule has 0 atom stereocenters. The van der Waals surface area contributed by atoms with E-state index in [2.05, 4.69) is 21.9 Å². The molecule has 0 aliphatic carbocycles. The summed E-state index contributed by atoms with van der Waals surface area (Å²) in [6, 6.07) is 6.85. The fraction of sp³-hybridized carbons (Fsp3) is 0.333. The van der Waals surface area contributed by atoms with E-state index in [1.165, 1.54) is 0 Å². The van der Waals surface area contributed by atoms with Gasteiger partial charge in [0.2, 0.25) is 5.91 Å². The molecule has 0 bridgehead atoms. The highest BCUT2D eigenvalue weighted by atomic mass is 16.2. The topological polar surface area (TPSA) is 70.2 Å². The maximum absolute atomic E-state index is 11.8. The third-order valence-electron chi connectivity index (χ3n) is 2.34. The third kappa shape index (κ3) is 5.55. The van der Waals surface area contributed by atoms with E-state index in [0.717, 1.165) is 0 Å². The van der Waals surface area contributed by atoms with Crippen molar-refractivity contribution in [2.75, 3.05) is 18.4 Å². The highest BCUT2D eigenvalue weighted by Gasteiger charge is 2.08. The molecular formula is C15H19N3O2. The van der Waals surface area contributed by atoms with Gasteiger partial charge in [-0.05, 0) is 32.0 Å². The molecule has 0 aromatic heterocycles. The van der Waals surface area contributed by atoms with Crippen LogP contribution in [0.1, 0.15) is 24.2 Å². The number of hydrogen-bond donors (Lipinski definition) is 3. The predicted octanol–water partition coefficient (Wildman–Crippen LogP) is 0.986. The van der Waals surface area contributed by atoms with Gasteiger partial charge in [-0.3, -0.25) is 14.9 Å². The molecule has 5 heteroatoms. The monoisotopic (exact) mass is 273 g/mol. The Bertz CT molecular complexity index is 518. The van der Waals surface area contributed by atoms with Crippen molar-refractivity contribution in [2.45, 2.75) is 19.9 Å². The molecule has 0 aliphatic rings. The molecule has 0 saturated carbocycles. The summed E-state index contributed by atoms with van der Waals surface area (Å²) in [5.74, 6) is 2.01. The second-order valence-corrected chi connectivity index (χ2v) is 4.56. The molecule has 5 nitrogen and oxygen atoms in total. The molecule has 0 aliphatic heterocycles. The Morgan fingerprint density at radius 1 is 1.35 bits per heavy atom. The molecule has 0 fully saturated rings. The van der Waals surface area contributed by atoms with E-state index in [1.54, 1.807) is 24.3 Å². The highest BCUT2D eigenvalue weighted by Crippen LogP contribution is 2.10. The Balaban J connectivity index is 2.62. The van der Waals surface area contributed by atoms with Gasteiger partial charge >= 0.3 is 0 Å². The summed E-state index contributed by atoms with van der Waals surface area (Å²) in [5.41, 5.74) is 1.09. The summed E-state index contributed by atoms with van der Waals surface area (Å²) in [5, 5.41) is 8.29. The smallest absolute Gasteiger partial charge is 0.251 e. The van der Waals surface area contributed by atoms with E-state index >= 15 is 0 Å². The van der Waals surface area contributed by atoms with Crippen LogP contribution in [-0.4, -0.2) is 30.9 Å². The van der Waals surface area contributed by atoms with Gasteiger partial charge in [0.15, 0.2) is 0 Å². The van der Waals surface area contributed by atoms with Crippen molar-refractivity contribution in [3.8, 4) is 12.3 Å². The zero-order chi connectivity index (χ0) is 15.0. The van der Waals surface area contributed by atoms with Crippen molar-refractivity contribution in [3.05, 3.63) is 29.8 Å². The van der Waals surface area contributed by atoms with Crippen LogP contribution in [0.15, 0.2) is 24.3 Å². The van der Waals surface area contributed by atoms with Gasteiger partial charge in [0.05, 0.1) is 13.1 Å². The highest BCUT2D eigenvalue weighted by molar-refractivity contribution is 5.97. The minimum Gasteiger partial charge on any atom is -0.350 e. The summed E-state index contributed by atoms with van der Waals surface area (Å²) in [7, 11) is 0. The van der Waals surface area contributed by atoms with Crippen molar-refractivity contribution in [3.63, 3.8) is 0 Å². The molecular weight excluding hydrogens is 254 g/mol. The molecule has 0 radical (unpaired) electrons. The van der Waals surface area contributed by atoms with Crippen LogP contribution >= 0.6 is 0 Å². The lowest BCUT2D eigenvalue weighted by Gasteiger charge is -2.10. The average Bonchev–Trinajstić information content (AvgIpc) is 2.38. The van der Waals surface area contributed by atoms with Crippen LogP contribution < -0.4 is 16.0 Å². The third-order valence-corrected chi connectivity index (χ3v) is 2.34. The van der Waals surface area contributed by atoms with Gasteiger partial charge in [-0.25, -0.2) is 0 Å². The molecule has 3 N–H and O–H groups in total. The summed E-state index contributed by atoms with van der Waals surface area (Å²) in [6.07, 6.45) is 5.07. The molecule has 20 heavy (non-hydrogen) atoms. The second kappa shape index (κ2) is 7.97. The standard InChI is InChI=1S/C15H19N3O2/c1-4-8-16-10-14(19)18-13-7-5-6-12(9-13)15(20)17-11(2)3/h1,5-7,9,11,16H,8,10H2,2-3H3,(H,17,20)(H,18,19). The number of anilines is 1. The first kappa shape index (κ1) is 15.7. The molecule has 2 amide bonds. The van der Waals surface area contributed by atoms with E-state index in [1.807, 2.05) is 13.8 Å². The fourth-order valence-corrected chi connectivity index (χ4v) is 1.54. The maximum Gasteiger partial charge on any atom is 0.251 e. The Labute approximate surface area is 119 Å². The number of carbonyl (C=O) groups is 2. The molecule has 1 aromatic rings. The lowest BCUT2D eigenvalue weighted by Crippen LogP contribution is -2.30. The molecule has 0 spiro atoms. The van der Waals surface area contributed by atoms with Gasteiger partial charge in [-0.1, -0.05) is 12.0 Å². The molecule has 1 aromatic carbocycles. The van der Waals surface area contributed by atoms with Crippen molar-refractivity contribution < 1.29 is 9.59 Å². The summed E-state index contributed by atoms with van der Waals surface area (Å²) >= 11 is 0. The lowest BCUT2D eigenvalue weighted by molar-refractivity contribution is -0.115. The number of hydrogen-bond acceptors (Lipinski definition) is 3. The van der Waals surface area contributed by atoms with Crippen LogP contribution in [-0.2, 0) is 4.79 Å². The van der Waals surface area contributed by atoms with E-state index in [0.29, 0.717) is 17.8 Å². The van der Waals surface area contributed by atoms with Crippen LogP contribution in [0.3, 0.4) is 0 Å². The van der Waals surface area contributed by atoms with Crippen molar-refractivity contribution >= 4 is 17.5 Å². The van der Waals surface area contributed by atoms with Gasteiger partial charge in [0, 0.05) is 17.3 Å². The van der Waals surface area contributed by atoms with Crippen molar-refractivity contribution in [1.82, 2.24) is 10.6 Å². The molecule has 0 saturated heterocycles. The average molecular weight is 273 g/mol. The second-order valence-electron chi connectivity index (χ2n) is 4.56. The summed E-state index contributed by atoms with van der Waals surface area (Å²) in [6.45, 7) is 4.25. The van der Waals surface area contributed by atoms with Gasteiger partial charge in [0.1, 0.15) is 0 Å². The van der Waals surface area contributed by atoms with Crippen LogP contribution in [0.25, 0.3) is 0 Å². The molecule has 1 rings (SSSR count). The molecule has 0 heterocycles. The number of terminal acetylenes is 1. The first-order chi connectivity index (χ1) is 9.52. The summed E-state index contributed by atoms with van der Waals surface area (Å²) < 4.78 is 0. The van der Waals surface area contributed by atoms with Gasteiger partial charge in [0.25, 0.3) is 5.91 Å². The lowest BCUT2D eigenvalue weighted by atomic mass is 10.1. The van der Waals surface area contributed by atoms with Crippen LogP contribution in [0, 0.1) is 12.3 Å². The summed E-state index contributed by atoms with van der Waals surface area (Å²) in [4.78, 5) is 23.4. The largest absolute Gasteiger partial charge is 0.350 e. The first-order valence-electron chi connectivity index (χ1n) is 6.38. The number of nitrogens with one attached hydrogen (secondary N) is 3. The zero-order valence-corrected chi connectivity index (χ0v) is 11.7. The maximum atomic E-state index is 11.8. The van der Waals surface area contributed by atoms with Gasteiger partial charge < -0.3 is 10.6 Å². The van der Waals surface area contributed by atoms with Gasteiger partial charge in [-0.2, -0.15) is 0 Å².